The topological polar surface area (TPSA) is 52.8 Å². The Morgan fingerprint density at radius 3 is 2.35 bits per heavy atom. The van der Waals surface area contributed by atoms with Crippen molar-refractivity contribution in [2.45, 2.75) is 64.2 Å². The van der Waals surface area contributed by atoms with Crippen LogP contribution in [0.15, 0.2) is 17.3 Å². The van der Waals surface area contributed by atoms with Crippen LogP contribution in [0, 0.1) is 0 Å². The second-order valence-corrected chi connectivity index (χ2v) is 6.84. The van der Waals surface area contributed by atoms with Crippen molar-refractivity contribution in [3.8, 4) is 5.75 Å². The molecular formula is C17H25NO2. The molecule has 0 heterocycles. The summed E-state index contributed by atoms with van der Waals surface area (Å²) >= 11 is 0. The van der Waals surface area contributed by atoms with Crippen molar-refractivity contribution in [3.05, 3.63) is 28.8 Å². The Labute approximate surface area is 121 Å². The molecule has 0 atom stereocenters. The van der Waals surface area contributed by atoms with Gasteiger partial charge < -0.3 is 10.3 Å². The second-order valence-electron chi connectivity index (χ2n) is 6.84. The highest BCUT2D eigenvalue weighted by Crippen LogP contribution is 2.39. The molecule has 2 N–H and O–H groups in total. The molecular weight excluding hydrogens is 250 g/mol. The number of oxime groups is 1. The van der Waals surface area contributed by atoms with Crippen molar-refractivity contribution in [2.24, 2.45) is 5.16 Å². The Kier molecular flexibility index (Phi) is 4.36. The number of phenols is 1. The van der Waals surface area contributed by atoms with E-state index in [1.807, 2.05) is 6.07 Å². The Morgan fingerprint density at radius 1 is 1.15 bits per heavy atom. The van der Waals surface area contributed by atoms with Crippen molar-refractivity contribution in [1.29, 1.82) is 0 Å². The lowest BCUT2D eigenvalue weighted by atomic mass is 9.79. The molecule has 1 aliphatic rings. The van der Waals surface area contributed by atoms with E-state index in [-0.39, 0.29) is 11.2 Å². The molecule has 1 aromatic carbocycles. The zero-order valence-electron chi connectivity index (χ0n) is 12.7. The lowest BCUT2D eigenvalue weighted by molar-refractivity contribution is 0.321. The number of aromatic hydroxyl groups is 1. The van der Waals surface area contributed by atoms with Crippen LogP contribution in [0.25, 0.3) is 0 Å². The van der Waals surface area contributed by atoms with Gasteiger partial charge in [0.15, 0.2) is 0 Å². The molecule has 1 saturated carbocycles. The van der Waals surface area contributed by atoms with Crippen LogP contribution < -0.4 is 0 Å². The van der Waals surface area contributed by atoms with Crippen LogP contribution in [0.2, 0.25) is 0 Å². The van der Waals surface area contributed by atoms with Gasteiger partial charge in [-0.3, -0.25) is 0 Å². The van der Waals surface area contributed by atoms with Crippen molar-refractivity contribution < 1.29 is 10.3 Å². The zero-order chi connectivity index (χ0) is 14.8. The van der Waals surface area contributed by atoms with Crippen LogP contribution in [0.3, 0.4) is 0 Å². The molecule has 20 heavy (non-hydrogen) atoms. The predicted octanol–water partition coefficient (Wildman–Crippen LogP) is 4.55. The molecule has 1 aromatic rings. The summed E-state index contributed by atoms with van der Waals surface area (Å²) in [6.07, 6.45) is 7.64. The first-order chi connectivity index (χ1) is 9.43. The Hall–Kier alpha value is -1.51. The first-order valence-corrected chi connectivity index (χ1v) is 7.48. The summed E-state index contributed by atoms with van der Waals surface area (Å²) in [7, 11) is 0. The van der Waals surface area contributed by atoms with Crippen molar-refractivity contribution in [1.82, 2.24) is 0 Å². The van der Waals surface area contributed by atoms with Crippen molar-refractivity contribution >= 4 is 6.21 Å². The highest BCUT2D eigenvalue weighted by molar-refractivity contribution is 5.84. The van der Waals surface area contributed by atoms with Crippen molar-refractivity contribution in [3.63, 3.8) is 0 Å². The van der Waals surface area contributed by atoms with Crippen LogP contribution in [-0.4, -0.2) is 16.5 Å². The van der Waals surface area contributed by atoms with Crippen molar-refractivity contribution in [2.75, 3.05) is 0 Å². The number of hydrogen-bond acceptors (Lipinski definition) is 3. The molecule has 3 heteroatoms. The maximum Gasteiger partial charge on any atom is 0.128 e. The van der Waals surface area contributed by atoms with Gasteiger partial charge >= 0.3 is 0 Å². The van der Waals surface area contributed by atoms with Gasteiger partial charge in [-0.25, -0.2) is 0 Å². The molecule has 2 rings (SSSR count). The van der Waals surface area contributed by atoms with E-state index in [4.69, 9.17) is 5.21 Å². The number of rotatable bonds is 2. The van der Waals surface area contributed by atoms with Gasteiger partial charge in [-0.1, -0.05) is 51.3 Å². The summed E-state index contributed by atoms with van der Waals surface area (Å²) in [5, 5.41) is 22.3. The summed E-state index contributed by atoms with van der Waals surface area (Å²) in [5.74, 6) is 0.797. The van der Waals surface area contributed by atoms with Crippen LogP contribution in [0.4, 0.5) is 0 Å². The first-order valence-electron chi connectivity index (χ1n) is 7.48. The fourth-order valence-corrected chi connectivity index (χ4v) is 3.08. The summed E-state index contributed by atoms with van der Waals surface area (Å²) in [5.41, 5.74) is 2.67. The lowest BCUT2D eigenvalue weighted by Gasteiger charge is -2.27. The summed E-state index contributed by atoms with van der Waals surface area (Å²) in [4.78, 5) is 0. The number of hydrogen-bond donors (Lipinski definition) is 2. The quantitative estimate of drug-likeness (QED) is 0.473. The third-order valence-electron chi connectivity index (χ3n) is 4.24. The zero-order valence-corrected chi connectivity index (χ0v) is 12.7. The van der Waals surface area contributed by atoms with Gasteiger partial charge in [-0.15, -0.1) is 0 Å². The Bertz CT molecular complexity index is 494. The SMILES string of the molecule is CC(C)(C)c1cc(C2CCCCC2)cc(C=NO)c1O. The normalized spacial score (nSPS) is 17.8. The van der Waals surface area contributed by atoms with E-state index in [0.29, 0.717) is 11.5 Å². The maximum absolute atomic E-state index is 10.4. The van der Waals surface area contributed by atoms with Crippen LogP contribution >= 0.6 is 0 Å². The Morgan fingerprint density at radius 2 is 1.80 bits per heavy atom. The molecule has 0 amide bonds. The molecule has 0 unspecified atom stereocenters. The fourth-order valence-electron chi connectivity index (χ4n) is 3.08. The van der Waals surface area contributed by atoms with Gasteiger partial charge in [0, 0.05) is 11.1 Å². The van der Waals surface area contributed by atoms with E-state index in [9.17, 15) is 5.11 Å². The summed E-state index contributed by atoms with van der Waals surface area (Å²) in [6.45, 7) is 6.27. The molecule has 110 valence electrons. The molecule has 0 bridgehead atoms. The second kappa shape index (κ2) is 5.86. The molecule has 1 aliphatic carbocycles. The van der Waals surface area contributed by atoms with Gasteiger partial charge in [0.2, 0.25) is 0 Å². The summed E-state index contributed by atoms with van der Waals surface area (Å²) < 4.78 is 0. The Balaban J connectivity index is 2.49. The fraction of sp³-hybridized carbons (Fsp3) is 0.588. The standard InChI is InChI=1S/C17H25NO2/c1-17(2,3)15-10-13(12-7-5-4-6-8-12)9-14(11-18-20)16(15)19/h9-12,19-20H,4-8H2,1-3H3. The number of phenolic OH excluding ortho intramolecular Hbond substituents is 1. The average Bonchev–Trinajstić information content (AvgIpc) is 2.41. The minimum Gasteiger partial charge on any atom is -0.507 e. The largest absolute Gasteiger partial charge is 0.507 e. The molecule has 1 fully saturated rings. The van der Waals surface area contributed by atoms with Gasteiger partial charge in [-0.05, 0) is 35.8 Å². The van der Waals surface area contributed by atoms with E-state index in [1.165, 1.54) is 43.9 Å². The van der Waals surface area contributed by atoms with Crippen LogP contribution in [0.1, 0.15) is 75.5 Å². The lowest BCUT2D eigenvalue weighted by Crippen LogP contribution is -2.14. The van der Waals surface area contributed by atoms with Crippen LogP contribution in [-0.2, 0) is 5.41 Å². The maximum atomic E-state index is 10.4. The molecule has 0 aromatic heterocycles. The van der Waals surface area contributed by atoms with Gasteiger partial charge in [0.1, 0.15) is 5.75 Å². The molecule has 3 nitrogen and oxygen atoms in total. The van der Waals surface area contributed by atoms with E-state index < -0.39 is 0 Å². The van der Waals surface area contributed by atoms with Crippen LogP contribution in [0.5, 0.6) is 5.75 Å². The number of nitrogens with zero attached hydrogens (tertiary/aromatic N) is 1. The van der Waals surface area contributed by atoms with E-state index in [2.05, 4.69) is 32.0 Å². The minimum absolute atomic E-state index is 0.132. The highest BCUT2D eigenvalue weighted by atomic mass is 16.4. The molecule has 0 radical (unpaired) electrons. The summed E-state index contributed by atoms with van der Waals surface area (Å²) in [6, 6.07) is 4.11. The highest BCUT2D eigenvalue weighted by Gasteiger charge is 2.24. The van der Waals surface area contributed by atoms with E-state index in [0.717, 1.165) is 5.56 Å². The van der Waals surface area contributed by atoms with E-state index in [1.54, 1.807) is 0 Å². The molecule has 0 saturated heterocycles. The minimum atomic E-state index is -0.132. The molecule has 0 spiro atoms. The average molecular weight is 275 g/mol. The third-order valence-corrected chi connectivity index (χ3v) is 4.24. The monoisotopic (exact) mass is 275 g/mol. The van der Waals surface area contributed by atoms with Gasteiger partial charge in [0.25, 0.3) is 0 Å². The third kappa shape index (κ3) is 3.14. The van der Waals surface area contributed by atoms with Gasteiger partial charge in [-0.2, -0.15) is 0 Å². The van der Waals surface area contributed by atoms with E-state index >= 15 is 0 Å². The smallest absolute Gasteiger partial charge is 0.128 e. The van der Waals surface area contributed by atoms with Gasteiger partial charge in [0.05, 0.1) is 6.21 Å². The first kappa shape index (κ1) is 14.9. The number of benzene rings is 1. The molecule has 0 aliphatic heterocycles. The predicted molar refractivity (Wildman–Crippen MR) is 82.0 cm³/mol.